The Hall–Kier alpha value is -0.640. The van der Waals surface area contributed by atoms with E-state index in [0.717, 1.165) is 0 Å². The topological polar surface area (TPSA) is 15.3 Å². The van der Waals surface area contributed by atoms with Gasteiger partial charge in [-0.15, -0.1) is 0 Å². The lowest BCUT2D eigenvalue weighted by Gasteiger charge is -2.15. The second kappa shape index (κ2) is 4.56. The lowest BCUT2D eigenvalue weighted by atomic mass is 10.2. The first-order chi connectivity index (χ1) is 6.15. The fraction of sp³-hybridized carbons (Fsp3) is 0.333. The number of hydrazine groups is 1. The number of hydrogen-bond donors (Lipinski definition) is 1. The highest BCUT2D eigenvalue weighted by Crippen LogP contribution is 2.18. The molecule has 0 aromatic heterocycles. The summed E-state index contributed by atoms with van der Waals surface area (Å²) in [6.07, 6.45) is 0. The number of nitrogens with zero attached hydrogens (tertiary/aromatic N) is 1. The van der Waals surface area contributed by atoms with E-state index in [9.17, 15) is 4.39 Å². The molecule has 0 heterocycles. The first-order valence-electron chi connectivity index (χ1n) is 3.96. The van der Waals surface area contributed by atoms with E-state index in [4.69, 9.17) is 11.6 Å². The number of hydrogen-bond acceptors (Lipinski definition) is 2. The molecular weight excluding hydrogens is 191 g/mol. The Morgan fingerprint density at radius 2 is 2.23 bits per heavy atom. The minimum absolute atomic E-state index is 0.169. The highest BCUT2D eigenvalue weighted by molar-refractivity contribution is 6.30. The molecule has 0 aliphatic rings. The zero-order valence-electron chi connectivity index (χ0n) is 7.64. The summed E-state index contributed by atoms with van der Waals surface area (Å²) < 4.78 is 13.3. The van der Waals surface area contributed by atoms with E-state index in [1.54, 1.807) is 30.3 Å². The fourth-order valence-corrected chi connectivity index (χ4v) is 1.20. The molecule has 4 heteroatoms. The smallest absolute Gasteiger partial charge is 0.146 e. The van der Waals surface area contributed by atoms with Crippen LogP contribution in [0.15, 0.2) is 18.2 Å². The first-order valence-corrected chi connectivity index (χ1v) is 4.34. The van der Waals surface area contributed by atoms with E-state index < -0.39 is 0 Å². The third kappa shape index (κ3) is 2.66. The van der Waals surface area contributed by atoms with Crippen molar-refractivity contribution in [3.05, 3.63) is 34.6 Å². The van der Waals surface area contributed by atoms with Gasteiger partial charge in [0.15, 0.2) is 0 Å². The van der Waals surface area contributed by atoms with Crippen molar-refractivity contribution in [1.82, 2.24) is 10.4 Å². The summed E-state index contributed by atoms with van der Waals surface area (Å²) >= 11 is 5.63. The zero-order valence-corrected chi connectivity index (χ0v) is 8.40. The van der Waals surface area contributed by atoms with Gasteiger partial charge in [-0.1, -0.05) is 23.7 Å². The summed E-state index contributed by atoms with van der Waals surface area (Å²) in [4.78, 5) is 0. The van der Waals surface area contributed by atoms with Crippen LogP contribution in [0.4, 0.5) is 4.39 Å². The highest BCUT2D eigenvalue weighted by Gasteiger charge is 2.07. The van der Waals surface area contributed by atoms with Crippen molar-refractivity contribution in [2.24, 2.45) is 0 Å². The first kappa shape index (κ1) is 10.4. The maximum atomic E-state index is 13.3. The van der Waals surface area contributed by atoms with Crippen molar-refractivity contribution >= 4 is 11.6 Å². The summed E-state index contributed by atoms with van der Waals surface area (Å²) in [5, 5.41) is 1.94. The van der Waals surface area contributed by atoms with Crippen LogP contribution in [0, 0.1) is 5.82 Å². The Morgan fingerprint density at radius 1 is 1.54 bits per heavy atom. The zero-order chi connectivity index (χ0) is 9.84. The van der Waals surface area contributed by atoms with E-state index in [1.165, 1.54) is 0 Å². The summed E-state index contributed by atoms with van der Waals surface area (Å²) in [5.74, 6) is -0.341. The van der Waals surface area contributed by atoms with Gasteiger partial charge in [0.2, 0.25) is 0 Å². The van der Waals surface area contributed by atoms with Crippen LogP contribution in [-0.4, -0.2) is 19.1 Å². The van der Waals surface area contributed by atoms with Crippen LogP contribution in [0.1, 0.15) is 5.56 Å². The van der Waals surface area contributed by atoms with Crippen molar-refractivity contribution in [2.45, 2.75) is 6.54 Å². The Kier molecular flexibility index (Phi) is 3.66. The van der Waals surface area contributed by atoms with Gasteiger partial charge in [0, 0.05) is 19.2 Å². The van der Waals surface area contributed by atoms with E-state index >= 15 is 0 Å². The molecule has 1 aromatic carbocycles. The van der Waals surface area contributed by atoms with Gasteiger partial charge < -0.3 is 0 Å². The summed E-state index contributed by atoms with van der Waals surface area (Å²) in [6, 6.07) is 5.00. The highest BCUT2D eigenvalue weighted by atomic mass is 35.5. The van der Waals surface area contributed by atoms with Gasteiger partial charge in [0.25, 0.3) is 0 Å². The molecule has 1 aromatic rings. The van der Waals surface area contributed by atoms with Gasteiger partial charge in [-0.3, -0.25) is 5.43 Å². The van der Waals surface area contributed by atoms with Gasteiger partial charge in [0.05, 0.1) is 5.02 Å². The second-order valence-corrected chi connectivity index (χ2v) is 3.20. The molecule has 0 fully saturated rings. The van der Waals surface area contributed by atoms with E-state index in [-0.39, 0.29) is 10.8 Å². The number of rotatable bonds is 3. The van der Waals surface area contributed by atoms with Crippen LogP contribution in [-0.2, 0) is 6.54 Å². The van der Waals surface area contributed by atoms with E-state index in [0.29, 0.717) is 12.1 Å². The Balaban J connectivity index is 2.83. The van der Waals surface area contributed by atoms with Crippen molar-refractivity contribution in [3.63, 3.8) is 0 Å². The van der Waals surface area contributed by atoms with E-state index in [2.05, 4.69) is 5.43 Å². The number of halogens is 2. The van der Waals surface area contributed by atoms with Crippen molar-refractivity contribution < 1.29 is 4.39 Å². The van der Waals surface area contributed by atoms with Gasteiger partial charge in [0.1, 0.15) is 5.82 Å². The van der Waals surface area contributed by atoms with Crippen LogP contribution >= 0.6 is 11.6 Å². The molecule has 0 amide bonds. The maximum Gasteiger partial charge on any atom is 0.146 e. The van der Waals surface area contributed by atoms with Crippen LogP contribution in [0.2, 0.25) is 5.02 Å². The summed E-state index contributed by atoms with van der Waals surface area (Å²) in [7, 11) is 3.61. The molecule has 0 aliphatic heterocycles. The molecule has 13 heavy (non-hydrogen) atoms. The van der Waals surface area contributed by atoms with Crippen LogP contribution in [0.3, 0.4) is 0 Å². The van der Waals surface area contributed by atoms with Crippen molar-refractivity contribution in [3.8, 4) is 0 Å². The molecular formula is C9H12ClFN2. The molecule has 0 bridgehead atoms. The van der Waals surface area contributed by atoms with Gasteiger partial charge in [-0.25, -0.2) is 9.40 Å². The second-order valence-electron chi connectivity index (χ2n) is 2.79. The van der Waals surface area contributed by atoms with Crippen LogP contribution < -0.4 is 5.43 Å². The fourth-order valence-electron chi connectivity index (χ4n) is 1.01. The quantitative estimate of drug-likeness (QED) is 0.755. The predicted molar refractivity (Wildman–Crippen MR) is 51.9 cm³/mol. The normalized spacial score (nSPS) is 10.8. The number of benzene rings is 1. The standard InChI is InChI=1S/C9H12ClFN2/c1-12-13(2)6-7-4-3-5-8(10)9(7)11/h3-5,12H,6H2,1-2H3. The lowest BCUT2D eigenvalue weighted by Crippen LogP contribution is -2.30. The van der Waals surface area contributed by atoms with Gasteiger partial charge >= 0.3 is 0 Å². The molecule has 0 saturated heterocycles. The average Bonchev–Trinajstić information content (AvgIpc) is 2.13. The molecule has 72 valence electrons. The van der Waals surface area contributed by atoms with Crippen molar-refractivity contribution in [1.29, 1.82) is 0 Å². The molecule has 0 spiro atoms. The predicted octanol–water partition coefficient (Wildman–Crippen LogP) is 2.05. The Bertz CT molecular complexity index is 291. The Labute approximate surface area is 82.3 Å². The summed E-state index contributed by atoms with van der Waals surface area (Å²) in [5.41, 5.74) is 3.47. The van der Waals surface area contributed by atoms with Gasteiger partial charge in [-0.05, 0) is 13.1 Å². The third-order valence-electron chi connectivity index (χ3n) is 1.82. The largest absolute Gasteiger partial charge is 0.258 e. The minimum Gasteiger partial charge on any atom is -0.258 e. The molecule has 0 aliphatic carbocycles. The monoisotopic (exact) mass is 202 g/mol. The molecule has 0 atom stereocenters. The van der Waals surface area contributed by atoms with Crippen LogP contribution in [0.25, 0.3) is 0 Å². The molecule has 0 unspecified atom stereocenters. The SMILES string of the molecule is CNN(C)Cc1cccc(Cl)c1F. The van der Waals surface area contributed by atoms with E-state index in [1.807, 2.05) is 7.05 Å². The minimum atomic E-state index is -0.341. The van der Waals surface area contributed by atoms with Crippen molar-refractivity contribution in [2.75, 3.05) is 14.1 Å². The summed E-state index contributed by atoms with van der Waals surface area (Å²) in [6.45, 7) is 0.489. The molecule has 1 N–H and O–H groups in total. The molecule has 2 nitrogen and oxygen atoms in total. The van der Waals surface area contributed by atoms with Gasteiger partial charge in [-0.2, -0.15) is 0 Å². The molecule has 1 rings (SSSR count). The lowest BCUT2D eigenvalue weighted by molar-refractivity contribution is 0.248. The molecule has 0 saturated carbocycles. The maximum absolute atomic E-state index is 13.3. The van der Waals surface area contributed by atoms with Crippen LogP contribution in [0.5, 0.6) is 0 Å². The molecule has 0 radical (unpaired) electrons. The number of nitrogens with one attached hydrogen (secondary N) is 1. The Morgan fingerprint density at radius 3 is 2.85 bits per heavy atom. The third-order valence-corrected chi connectivity index (χ3v) is 2.11. The average molecular weight is 203 g/mol.